The molecule has 6 heteroatoms. The Morgan fingerprint density at radius 3 is 2.74 bits per heavy atom. The van der Waals surface area contributed by atoms with Crippen LogP contribution in [0.25, 0.3) is 0 Å². The second kappa shape index (κ2) is 8.24. The lowest BCUT2D eigenvalue weighted by molar-refractivity contribution is -0.152. The number of piperidine rings is 1. The smallest absolute Gasteiger partial charge is 0.306 e. The molecule has 23 heavy (non-hydrogen) atoms. The van der Waals surface area contributed by atoms with E-state index in [1.165, 1.54) is 11.3 Å². The van der Waals surface area contributed by atoms with Crippen molar-refractivity contribution in [3.63, 3.8) is 0 Å². The monoisotopic (exact) mass is 337 g/mol. The highest BCUT2D eigenvalue weighted by molar-refractivity contribution is 7.14. The van der Waals surface area contributed by atoms with Gasteiger partial charge in [0.05, 0.1) is 11.3 Å². The molecule has 1 aromatic heterocycles. The second-order valence-electron chi connectivity index (χ2n) is 6.08. The third kappa shape index (κ3) is 5.46. The second-order valence-corrected chi connectivity index (χ2v) is 7.37. The number of carbonyl (C=O) groups is 3. The van der Waals surface area contributed by atoms with Crippen LogP contribution in [-0.4, -0.2) is 42.3 Å². The number of thiophene rings is 1. The quantitative estimate of drug-likeness (QED) is 0.591. The maximum Gasteiger partial charge on any atom is 0.306 e. The first-order valence-corrected chi connectivity index (χ1v) is 8.80. The van der Waals surface area contributed by atoms with Crippen molar-refractivity contribution in [2.45, 2.75) is 39.5 Å². The number of ketones is 1. The highest BCUT2D eigenvalue weighted by Gasteiger charge is 2.22. The van der Waals surface area contributed by atoms with E-state index in [2.05, 4.69) is 6.92 Å². The van der Waals surface area contributed by atoms with Crippen LogP contribution in [-0.2, 0) is 14.3 Å². The van der Waals surface area contributed by atoms with E-state index in [0.29, 0.717) is 10.8 Å². The van der Waals surface area contributed by atoms with Crippen molar-refractivity contribution >= 4 is 29.0 Å². The first kappa shape index (κ1) is 17.7. The predicted molar refractivity (Wildman–Crippen MR) is 88.6 cm³/mol. The molecule has 0 saturated carbocycles. The average Bonchev–Trinajstić information content (AvgIpc) is 2.96. The first-order valence-electron chi connectivity index (χ1n) is 7.98. The molecule has 1 aliphatic rings. The van der Waals surface area contributed by atoms with Gasteiger partial charge in [-0.3, -0.25) is 14.4 Å². The topological polar surface area (TPSA) is 63.7 Å². The van der Waals surface area contributed by atoms with Gasteiger partial charge in [0.25, 0.3) is 5.91 Å². The summed E-state index contributed by atoms with van der Waals surface area (Å²) in [6.45, 7) is 5.29. The Morgan fingerprint density at radius 1 is 1.30 bits per heavy atom. The van der Waals surface area contributed by atoms with E-state index in [-0.39, 0.29) is 31.1 Å². The molecular weight excluding hydrogens is 314 g/mol. The molecule has 1 aromatic rings. The average molecular weight is 337 g/mol. The number of likely N-dealkylation sites (tertiary alicyclic amines) is 1. The molecule has 0 aliphatic carbocycles. The molecule has 1 fully saturated rings. The molecule has 1 amide bonds. The summed E-state index contributed by atoms with van der Waals surface area (Å²) in [6.07, 6.45) is 2.26. The van der Waals surface area contributed by atoms with E-state index in [9.17, 15) is 14.4 Å². The molecule has 0 spiro atoms. The van der Waals surface area contributed by atoms with Gasteiger partial charge in [-0.15, -0.1) is 11.3 Å². The first-order chi connectivity index (χ1) is 11.0. The van der Waals surface area contributed by atoms with E-state index < -0.39 is 5.97 Å². The third-order valence-electron chi connectivity index (χ3n) is 3.94. The third-order valence-corrected chi connectivity index (χ3v) is 4.98. The van der Waals surface area contributed by atoms with Gasteiger partial charge < -0.3 is 9.64 Å². The lowest BCUT2D eigenvalue weighted by Gasteiger charge is -2.30. The van der Waals surface area contributed by atoms with Crippen molar-refractivity contribution in [1.82, 2.24) is 4.90 Å². The molecular formula is C17H23NO4S. The minimum atomic E-state index is -0.495. The fraction of sp³-hybridized carbons (Fsp3) is 0.588. The summed E-state index contributed by atoms with van der Waals surface area (Å²) in [5, 5.41) is 0. The molecule has 0 N–H and O–H groups in total. The summed E-state index contributed by atoms with van der Waals surface area (Å²) in [4.78, 5) is 39.1. The SMILES string of the molecule is Cc1ccc(C(=O)CCC(=O)OCC(=O)N2CCCC(C)C2)s1. The number of rotatable bonds is 6. The molecule has 2 rings (SSSR count). The Bertz CT molecular complexity index is 581. The van der Waals surface area contributed by atoms with Gasteiger partial charge in [0.2, 0.25) is 0 Å². The summed E-state index contributed by atoms with van der Waals surface area (Å²) in [6, 6.07) is 3.66. The van der Waals surface area contributed by atoms with Gasteiger partial charge in [0, 0.05) is 24.4 Å². The van der Waals surface area contributed by atoms with Gasteiger partial charge in [0.15, 0.2) is 12.4 Å². The Balaban J connectivity index is 1.68. The number of aryl methyl sites for hydroxylation is 1. The zero-order valence-electron chi connectivity index (χ0n) is 13.7. The molecule has 1 saturated heterocycles. The van der Waals surface area contributed by atoms with E-state index in [0.717, 1.165) is 30.8 Å². The maximum absolute atomic E-state index is 12.0. The van der Waals surface area contributed by atoms with Crippen molar-refractivity contribution in [2.24, 2.45) is 5.92 Å². The van der Waals surface area contributed by atoms with Gasteiger partial charge in [-0.05, 0) is 37.8 Å². The molecule has 1 atom stereocenters. The summed E-state index contributed by atoms with van der Waals surface area (Å²) in [5.41, 5.74) is 0. The highest BCUT2D eigenvalue weighted by atomic mass is 32.1. The minimum absolute atomic E-state index is 0.0134. The predicted octanol–water partition coefficient (Wildman–Crippen LogP) is 2.82. The van der Waals surface area contributed by atoms with E-state index in [4.69, 9.17) is 4.74 Å². The molecule has 0 aromatic carbocycles. The summed E-state index contributed by atoms with van der Waals surface area (Å²) < 4.78 is 5.00. The standard InChI is InChI=1S/C17H23NO4S/c1-12-4-3-9-18(10-12)16(20)11-22-17(21)8-6-14(19)15-7-5-13(2)23-15/h5,7,12H,3-4,6,8-11H2,1-2H3. The number of hydrogen-bond acceptors (Lipinski definition) is 5. The van der Waals surface area contributed by atoms with Gasteiger partial charge in [0.1, 0.15) is 0 Å². The Morgan fingerprint density at radius 2 is 2.09 bits per heavy atom. The van der Waals surface area contributed by atoms with Gasteiger partial charge >= 0.3 is 5.97 Å². The number of esters is 1. The van der Waals surface area contributed by atoms with Crippen molar-refractivity contribution in [2.75, 3.05) is 19.7 Å². The van der Waals surface area contributed by atoms with E-state index in [1.54, 1.807) is 11.0 Å². The molecule has 0 bridgehead atoms. The zero-order chi connectivity index (χ0) is 16.8. The van der Waals surface area contributed by atoms with Crippen LogP contribution >= 0.6 is 11.3 Å². The van der Waals surface area contributed by atoms with Crippen LogP contribution < -0.4 is 0 Å². The Kier molecular flexibility index (Phi) is 6.33. The van der Waals surface area contributed by atoms with Gasteiger partial charge in [-0.1, -0.05) is 6.92 Å². The van der Waals surface area contributed by atoms with Gasteiger partial charge in [-0.2, -0.15) is 0 Å². The fourth-order valence-corrected chi connectivity index (χ4v) is 3.48. The molecule has 126 valence electrons. The molecule has 2 heterocycles. The largest absolute Gasteiger partial charge is 0.456 e. The van der Waals surface area contributed by atoms with E-state index >= 15 is 0 Å². The molecule has 5 nitrogen and oxygen atoms in total. The van der Waals surface area contributed by atoms with Gasteiger partial charge in [-0.25, -0.2) is 0 Å². The fourth-order valence-electron chi connectivity index (χ4n) is 2.64. The van der Waals surface area contributed by atoms with Crippen LogP contribution in [0.5, 0.6) is 0 Å². The van der Waals surface area contributed by atoms with Crippen LogP contribution in [0.2, 0.25) is 0 Å². The minimum Gasteiger partial charge on any atom is -0.456 e. The lowest BCUT2D eigenvalue weighted by atomic mass is 10.0. The number of nitrogens with zero attached hydrogens (tertiary/aromatic N) is 1. The van der Waals surface area contributed by atoms with Crippen LogP contribution in [0, 0.1) is 12.8 Å². The number of hydrogen-bond donors (Lipinski definition) is 0. The zero-order valence-corrected chi connectivity index (χ0v) is 14.5. The van der Waals surface area contributed by atoms with Crippen molar-refractivity contribution in [3.8, 4) is 0 Å². The van der Waals surface area contributed by atoms with Crippen molar-refractivity contribution in [1.29, 1.82) is 0 Å². The molecule has 1 aliphatic heterocycles. The summed E-state index contributed by atoms with van der Waals surface area (Å²) in [5.74, 6) is -0.207. The Hall–Kier alpha value is -1.69. The lowest BCUT2D eigenvalue weighted by Crippen LogP contribution is -2.41. The van der Waals surface area contributed by atoms with Crippen LogP contribution in [0.1, 0.15) is 47.2 Å². The van der Waals surface area contributed by atoms with Crippen LogP contribution in [0.15, 0.2) is 12.1 Å². The van der Waals surface area contributed by atoms with Crippen molar-refractivity contribution < 1.29 is 19.1 Å². The number of carbonyl (C=O) groups excluding carboxylic acids is 3. The number of Topliss-reactive ketones (excluding diaryl/α,β-unsaturated/α-hetero) is 1. The number of ether oxygens (including phenoxy) is 1. The normalized spacial score (nSPS) is 17.8. The van der Waals surface area contributed by atoms with Crippen LogP contribution in [0.3, 0.4) is 0 Å². The van der Waals surface area contributed by atoms with Crippen molar-refractivity contribution in [3.05, 3.63) is 21.9 Å². The summed E-state index contributed by atoms with van der Waals surface area (Å²) >= 11 is 1.42. The van der Waals surface area contributed by atoms with Crippen LogP contribution in [0.4, 0.5) is 0 Å². The highest BCUT2D eigenvalue weighted by Crippen LogP contribution is 2.18. The summed E-state index contributed by atoms with van der Waals surface area (Å²) in [7, 11) is 0. The Labute approximate surface area is 140 Å². The maximum atomic E-state index is 12.0. The van der Waals surface area contributed by atoms with E-state index in [1.807, 2.05) is 13.0 Å². The molecule has 1 unspecified atom stereocenters. The number of amides is 1. The molecule has 0 radical (unpaired) electrons.